The first kappa shape index (κ1) is 24.2. The van der Waals surface area contributed by atoms with Crippen molar-refractivity contribution in [2.75, 3.05) is 17.2 Å². The molecule has 1 atom stereocenters. The van der Waals surface area contributed by atoms with E-state index < -0.39 is 0 Å². The number of fused-ring (bicyclic) bond motifs is 1. The van der Waals surface area contributed by atoms with Crippen molar-refractivity contribution in [2.24, 2.45) is 11.3 Å². The van der Waals surface area contributed by atoms with E-state index in [0.29, 0.717) is 23.0 Å². The molecule has 0 saturated heterocycles. The van der Waals surface area contributed by atoms with E-state index >= 15 is 0 Å². The summed E-state index contributed by atoms with van der Waals surface area (Å²) in [7, 11) is 0. The molecule has 1 aromatic carbocycles. The molecule has 0 bridgehead atoms. The van der Waals surface area contributed by atoms with Gasteiger partial charge in [-0.25, -0.2) is 0 Å². The molecule has 0 aliphatic heterocycles. The number of carbonyl (C=O) groups excluding carboxylic acids is 2. The van der Waals surface area contributed by atoms with E-state index in [-0.39, 0.29) is 23.8 Å². The average Bonchev–Trinajstić information content (AvgIpc) is 3.40. The largest absolute Gasteiger partial charge is 0.468 e. The number of rotatable bonds is 7. The van der Waals surface area contributed by atoms with Crippen LogP contribution >= 0.6 is 11.3 Å². The van der Waals surface area contributed by atoms with Crippen molar-refractivity contribution in [1.82, 2.24) is 5.32 Å². The Morgan fingerprint density at radius 2 is 1.97 bits per heavy atom. The van der Waals surface area contributed by atoms with Gasteiger partial charge in [-0.3, -0.25) is 9.59 Å². The van der Waals surface area contributed by atoms with E-state index in [9.17, 15) is 9.59 Å². The highest BCUT2D eigenvalue weighted by molar-refractivity contribution is 7.17. The van der Waals surface area contributed by atoms with Gasteiger partial charge in [0.1, 0.15) is 10.8 Å². The van der Waals surface area contributed by atoms with Crippen molar-refractivity contribution < 1.29 is 14.0 Å². The maximum Gasteiger partial charge on any atom is 0.258 e. The minimum atomic E-state index is -0.179. The minimum absolute atomic E-state index is 0.132. The molecule has 0 spiro atoms. The highest BCUT2D eigenvalue weighted by Crippen LogP contribution is 2.44. The molecule has 2 aromatic heterocycles. The number of hydrogen-bond donors (Lipinski definition) is 3. The third-order valence-corrected chi connectivity index (χ3v) is 7.58. The SMILES string of the molecule is Cc1cccc(NC(=O)c2c(NC(=O)CNCc3ccco3)sc3c2CC[C@H](C(C)(C)C)C3)c1. The zero-order valence-corrected chi connectivity index (χ0v) is 21.1. The van der Waals surface area contributed by atoms with E-state index in [2.05, 4.69) is 36.7 Å². The first-order chi connectivity index (χ1) is 16.2. The van der Waals surface area contributed by atoms with Crippen molar-refractivity contribution in [3.63, 3.8) is 0 Å². The summed E-state index contributed by atoms with van der Waals surface area (Å²) in [5.74, 6) is 0.967. The van der Waals surface area contributed by atoms with Gasteiger partial charge in [0.05, 0.1) is 24.9 Å². The van der Waals surface area contributed by atoms with Crippen LogP contribution in [0.3, 0.4) is 0 Å². The fourth-order valence-electron chi connectivity index (χ4n) is 4.45. The second-order valence-corrected chi connectivity index (χ2v) is 11.2. The van der Waals surface area contributed by atoms with Gasteiger partial charge < -0.3 is 20.4 Å². The lowest BCUT2D eigenvalue weighted by Crippen LogP contribution is -2.28. The molecule has 3 N–H and O–H groups in total. The fraction of sp³-hybridized carbons (Fsp3) is 0.407. The molecule has 0 fully saturated rings. The van der Waals surface area contributed by atoms with Gasteiger partial charge in [0, 0.05) is 10.6 Å². The number of nitrogens with one attached hydrogen (secondary N) is 3. The highest BCUT2D eigenvalue weighted by Gasteiger charge is 2.34. The predicted octanol–water partition coefficient (Wildman–Crippen LogP) is 5.78. The summed E-state index contributed by atoms with van der Waals surface area (Å²) in [6.45, 7) is 9.41. The van der Waals surface area contributed by atoms with Gasteiger partial charge in [0.15, 0.2) is 0 Å². The molecular weight excluding hydrogens is 446 g/mol. The number of thiophene rings is 1. The van der Waals surface area contributed by atoms with E-state index in [4.69, 9.17) is 4.42 Å². The Balaban J connectivity index is 1.54. The molecule has 0 unspecified atom stereocenters. The number of furan rings is 1. The molecule has 1 aliphatic carbocycles. The van der Waals surface area contributed by atoms with Gasteiger partial charge in [-0.15, -0.1) is 11.3 Å². The Labute approximate surface area is 205 Å². The minimum Gasteiger partial charge on any atom is -0.468 e. The monoisotopic (exact) mass is 479 g/mol. The Hall–Kier alpha value is -2.90. The van der Waals surface area contributed by atoms with Crippen molar-refractivity contribution >= 4 is 33.8 Å². The number of hydrogen-bond acceptors (Lipinski definition) is 5. The molecule has 34 heavy (non-hydrogen) atoms. The second kappa shape index (κ2) is 10.2. The van der Waals surface area contributed by atoms with Gasteiger partial charge in [-0.2, -0.15) is 0 Å². The number of benzene rings is 1. The lowest BCUT2D eigenvalue weighted by molar-refractivity contribution is -0.115. The van der Waals surface area contributed by atoms with Crippen LogP contribution < -0.4 is 16.0 Å². The van der Waals surface area contributed by atoms with Crippen LogP contribution in [0, 0.1) is 18.3 Å². The first-order valence-electron chi connectivity index (χ1n) is 11.8. The number of anilines is 2. The molecule has 6 nitrogen and oxygen atoms in total. The third-order valence-electron chi connectivity index (χ3n) is 6.41. The average molecular weight is 480 g/mol. The van der Waals surface area contributed by atoms with Gasteiger partial charge in [-0.05, 0) is 72.9 Å². The molecule has 3 aromatic rings. The van der Waals surface area contributed by atoms with Crippen molar-refractivity contribution in [3.05, 3.63) is 70.0 Å². The van der Waals surface area contributed by atoms with E-state index in [0.717, 1.165) is 41.8 Å². The third kappa shape index (κ3) is 5.77. The zero-order valence-electron chi connectivity index (χ0n) is 20.3. The summed E-state index contributed by atoms with van der Waals surface area (Å²) in [4.78, 5) is 27.4. The molecule has 180 valence electrons. The van der Waals surface area contributed by atoms with Crippen LogP contribution in [0.4, 0.5) is 10.7 Å². The summed E-state index contributed by atoms with van der Waals surface area (Å²) in [5, 5.41) is 9.77. The summed E-state index contributed by atoms with van der Waals surface area (Å²) < 4.78 is 5.30. The fourth-order valence-corrected chi connectivity index (χ4v) is 5.79. The van der Waals surface area contributed by atoms with E-state index in [1.54, 1.807) is 17.6 Å². The smallest absolute Gasteiger partial charge is 0.258 e. The van der Waals surface area contributed by atoms with Crippen molar-refractivity contribution in [1.29, 1.82) is 0 Å². The summed E-state index contributed by atoms with van der Waals surface area (Å²) in [6.07, 6.45) is 4.42. The quantitative estimate of drug-likeness (QED) is 0.401. The first-order valence-corrected chi connectivity index (χ1v) is 12.6. The lowest BCUT2D eigenvalue weighted by atomic mass is 9.72. The van der Waals surface area contributed by atoms with Gasteiger partial charge >= 0.3 is 0 Å². The highest BCUT2D eigenvalue weighted by atomic mass is 32.1. The van der Waals surface area contributed by atoms with Crippen molar-refractivity contribution in [2.45, 2.75) is 53.5 Å². The topological polar surface area (TPSA) is 83.4 Å². The molecule has 4 rings (SSSR count). The molecule has 2 heterocycles. The maximum atomic E-state index is 13.4. The van der Waals surface area contributed by atoms with Crippen LogP contribution in [0.2, 0.25) is 0 Å². The molecule has 0 saturated carbocycles. The summed E-state index contributed by atoms with van der Waals surface area (Å²) in [6, 6.07) is 11.4. The zero-order chi connectivity index (χ0) is 24.3. The van der Waals surface area contributed by atoms with Crippen LogP contribution in [0.25, 0.3) is 0 Å². The lowest BCUT2D eigenvalue weighted by Gasteiger charge is -2.33. The molecule has 2 amide bonds. The Morgan fingerprint density at radius 3 is 2.68 bits per heavy atom. The predicted molar refractivity (Wildman–Crippen MR) is 137 cm³/mol. The van der Waals surface area contributed by atoms with Crippen molar-refractivity contribution in [3.8, 4) is 0 Å². The Morgan fingerprint density at radius 1 is 1.15 bits per heavy atom. The van der Waals surface area contributed by atoms with Gasteiger partial charge in [-0.1, -0.05) is 32.9 Å². The van der Waals surface area contributed by atoms with Crippen LogP contribution in [-0.4, -0.2) is 18.4 Å². The molecule has 0 radical (unpaired) electrons. The number of amides is 2. The Bertz CT molecular complexity index is 1160. The van der Waals surface area contributed by atoms with Crippen LogP contribution in [0.1, 0.15) is 59.3 Å². The summed E-state index contributed by atoms with van der Waals surface area (Å²) in [5.41, 5.74) is 3.72. The molecule has 7 heteroatoms. The van der Waals surface area contributed by atoms with Gasteiger partial charge in [0.2, 0.25) is 5.91 Å². The number of carbonyl (C=O) groups is 2. The van der Waals surface area contributed by atoms with Crippen LogP contribution in [0.5, 0.6) is 0 Å². The maximum absolute atomic E-state index is 13.4. The standard InChI is InChI=1S/C27H33N3O3S/c1-17-7-5-8-19(13-17)29-25(32)24-21-11-10-18(27(2,3)4)14-22(21)34-26(24)30-23(31)16-28-15-20-9-6-12-33-20/h5-9,12-13,18,28H,10-11,14-16H2,1-4H3,(H,29,32)(H,30,31)/t18-/m0/s1. The Kier molecular flexibility index (Phi) is 7.24. The second-order valence-electron chi connectivity index (χ2n) is 10.1. The van der Waals surface area contributed by atoms with E-state index in [1.807, 2.05) is 43.3 Å². The summed E-state index contributed by atoms with van der Waals surface area (Å²) >= 11 is 1.54. The van der Waals surface area contributed by atoms with Crippen LogP contribution in [-0.2, 0) is 24.2 Å². The normalized spacial score (nSPS) is 15.6. The molecular formula is C27H33N3O3S. The van der Waals surface area contributed by atoms with Gasteiger partial charge in [0.25, 0.3) is 5.91 Å². The number of aryl methyl sites for hydroxylation is 1. The molecule has 1 aliphatic rings. The van der Waals surface area contributed by atoms with E-state index in [1.165, 1.54) is 4.88 Å². The van der Waals surface area contributed by atoms with Crippen LogP contribution in [0.15, 0.2) is 47.1 Å².